The van der Waals surface area contributed by atoms with E-state index in [0.717, 1.165) is 0 Å². The van der Waals surface area contributed by atoms with Crippen LogP contribution in [0.3, 0.4) is 0 Å². The topological polar surface area (TPSA) is 127 Å². The van der Waals surface area contributed by atoms with Crippen LogP contribution in [-0.4, -0.2) is 26.8 Å². The van der Waals surface area contributed by atoms with Gasteiger partial charge in [-0.2, -0.15) is 0 Å². The Morgan fingerprint density at radius 1 is 1.16 bits per heavy atom. The number of amides is 2. The number of fused-ring (bicyclic) bond motifs is 1. The quantitative estimate of drug-likeness (QED) is 0.518. The van der Waals surface area contributed by atoms with Gasteiger partial charge in [-0.1, -0.05) is 23.7 Å². The highest BCUT2D eigenvalue weighted by atomic mass is 35.5. The van der Waals surface area contributed by atoms with Gasteiger partial charge in [0.15, 0.2) is 12.4 Å². The highest BCUT2D eigenvalue weighted by molar-refractivity contribution is 7.89. The number of halogens is 1. The fourth-order valence-corrected chi connectivity index (χ4v) is 4.41. The average Bonchev–Trinajstić information content (AvgIpc) is 3.28. The van der Waals surface area contributed by atoms with Gasteiger partial charge in [0.1, 0.15) is 10.6 Å². The monoisotopic (exact) mass is 461 g/mol. The third-order valence-electron chi connectivity index (χ3n) is 4.38. The zero-order chi connectivity index (χ0) is 22.0. The van der Waals surface area contributed by atoms with Gasteiger partial charge in [-0.05, 0) is 35.9 Å². The summed E-state index contributed by atoms with van der Waals surface area (Å²) in [5.41, 5.74) is 1.51. The van der Waals surface area contributed by atoms with Crippen molar-refractivity contribution in [2.45, 2.75) is 11.4 Å². The van der Waals surface area contributed by atoms with Gasteiger partial charge in [0.2, 0.25) is 10.0 Å². The van der Waals surface area contributed by atoms with E-state index in [1.807, 2.05) is 0 Å². The number of nitrogens with one attached hydrogen (secondary N) is 3. The molecule has 0 fully saturated rings. The molecule has 1 aliphatic heterocycles. The molecule has 1 aliphatic rings. The van der Waals surface area contributed by atoms with E-state index in [9.17, 15) is 18.0 Å². The van der Waals surface area contributed by atoms with Crippen LogP contribution in [0.4, 0.5) is 11.4 Å². The lowest BCUT2D eigenvalue weighted by molar-refractivity contribution is -0.118. The maximum Gasteiger partial charge on any atom is 0.291 e. The van der Waals surface area contributed by atoms with Crippen LogP contribution in [0, 0.1) is 0 Å². The van der Waals surface area contributed by atoms with Crippen molar-refractivity contribution in [1.29, 1.82) is 0 Å². The Hall–Kier alpha value is -3.34. The Kier molecular flexibility index (Phi) is 5.68. The molecule has 0 atom stereocenters. The second-order valence-corrected chi connectivity index (χ2v) is 8.71. The van der Waals surface area contributed by atoms with E-state index in [1.165, 1.54) is 18.4 Å². The highest BCUT2D eigenvalue weighted by Crippen LogP contribution is 2.35. The molecule has 0 aliphatic carbocycles. The molecule has 2 aromatic carbocycles. The van der Waals surface area contributed by atoms with Gasteiger partial charge in [0, 0.05) is 18.3 Å². The van der Waals surface area contributed by atoms with Crippen LogP contribution < -0.4 is 20.1 Å². The lowest BCUT2D eigenvalue weighted by Gasteiger charge is -2.19. The van der Waals surface area contributed by atoms with Crippen LogP contribution in [0.2, 0.25) is 5.02 Å². The molecule has 3 aromatic rings. The summed E-state index contributed by atoms with van der Waals surface area (Å²) >= 11 is 6.11. The second kappa shape index (κ2) is 8.42. The van der Waals surface area contributed by atoms with Crippen LogP contribution in [-0.2, 0) is 21.4 Å². The number of anilines is 2. The van der Waals surface area contributed by atoms with E-state index in [-0.39, 0.29) is 46.4 Å². The van der Waals surface area contributed by atoms with Gasteiger partial charge in [0.25, 0.3) is 11.8 Å². The van der Waals surface area contributed by atoms with Crippen molar-refractivity contribution in [1.82, 2.24) is 4.72 Å². The molecule has 0 unspecified atom stereocenters. The number of ether oxygens (including phenoxy) is 1. The number of sulfonamides is 1. The van der Waals surface area contributed by atoms with Crippen LogP contribution in [0.5, 0.6) is 5.75 Å². The average molecular weight is 462 g/mol. The fraction of sp³-hybridized carbons (Fsp3) is 0.100. The van der Waals surface area contributed by atoms with Crippen LogP contribution >= 0.6 is 11.6 Å². The molecule has 11 heteroatoms. The van der Waals surface area contributed by atoms with Gasteiger partial charge in [-0.15, -0.1) is 0 Å². The summed E-state index contributed by atoms with van der Waals surface area (Å²) in [6.07, 6.45) is 1.40. The molecular formula is C20H16ClN3O6S. The van der Waals surface area contributed by atoms with Crippen molar-refractivity contribution in [2.75, 3.05) is 17.2 Å². The van der Waals surface area contributed by atoms with E-state index in [0.29, 0.717) is 16.9 Å². The third kappa shape index (κ3) is 4.71. The van der Waals surface area contributed by atoms with Crippen molar-refractivity contribution < 1.29 is 27.2 Å². The van der Waals surface area contributed by atoms with Crippen molar-refractivity contribution in [3.8, 4) is 5.75 Å². The van der Waals surface area contributed by atoms with Gasteiger partial charge in [0.05, 0.1) is 17.0 Å². The zero-order valence-corrected chi connectivity index (χ0v) is 17.4. The van der Waals surface area contributed by atoms with E-state index in [4.69, 9.17) is 20.8 Å². The summed E-state index contributed by atoms with van der Waals surface area (Å²) in [6, 6.07) is 12.4. The minimum Gasteiger partial charge on any atom is -0.482 e. The Bertz CT molecular complexity index is 1240. The number of furan rings is 1. The lowest BCUT2D eigenvalue weighted by atomic mass is 10.2. The summed E-state index contributed by atoms with van der Waals surface area (Å²) in [6.45, 7) is -0.204. The summed E-state index contributed by atoms with van der Waals surface area (Å²) in [7, 11) is -3.95. The van der Waals surface area contributed by atoms with E-state index >= 15 is 0 Å². The fourth-order valence-electron chi connectivity index (χ4n) is 2.85. The Labute approximate surface area is 182 Å². The largest absolute Gasteiger partial charge is 0.482 e. The van der Waals surface area contributed by atoms with Gasteiger partial charge in [-0.3, -0.25) is 9.59 Å². The van der Waals surface area contributed by atoms with Crippen LogP contribution in [0.1, 0.15) is 16.1 Å². The number of carbonyl (C=O) groups is 2. The first-order valence-corrected chi connectivity index (χ1v) is 10.9. The van der Waals surface area contributed by atoms with Crippen molar-refractivity contribution >= 4 is 44.8 Å². The number of rotatable bonds is 6. The first kappa shape index (κ1) is 20.9. The number of carbonyl (C=O) groups excluding carboxylic acids is 2. The van der Waals surface area contributed by atoms with Gasteiger partial charge >= 0.3 is 0 Å². The maximum absolute atomic E-state index is 12.7. The third-order valence-corrected chi connectivity index (χ3v) is 6.25. The molecule has 160 valence electrons. The highest BCUT2D eigenvalue weighted by Gasteiger charge is 2.24. The molecule has 0 saturated carbocycles. The number of hydrogen-bond acceptors (Lipinski definition) is 6. The SMILES string of the molecule is O=C1COc2cc(S(=O)(=O)NCc3ccc(NC(=O)c4ccco4)cc3)c(Cl)cc2N1. The molecular weight excluding hydrogens is 446 g/mol. The van der Waals surface area contributed by atoms with Crippen molar-refractivity contribution in [2.24, 2.45) is 0 Å². The van der Waals surface area contributed by atoms with E-state index in [1.54, 1.807) is 36.4 Å². The predicted molar refractivity (Wildman–Crippen MR) is 113 cm³/mol. The van der Waals surface area contributed by atoms with E-state index in [2.05, 4.69) is 15.4 Å². The molecule has 2 amide bonds. The molecule has 0 bridgehead atoms. The molecule has 31 heavy (non-hydrogen) atoms. The number of hydrogen-bond donors (Lipinski definition) is 3. The van der Waals surface area contributed by atoms with Gasteiger partial charge in [-0.25, -0.2) is 13.1 Å². The first-order valence-electron chi connectivity index (χ1n) is 9.01. The molecule has 0 spiro atoms. The first-order chi connectivity index (χ1) is 14.8. The summed E-state index contributed by atoms with van der Waals surface area (Å²) < 4.78 is 38.2. The molecule has 0 saturated heterocycles. The maximum atomic E-state index is 12.7. The summed E-state index contributed by atoms with van der Waals surface area (Å²) in [4.78, 5) is 23.2. The predicted octanol–water partition coefficient (Wildman–Crippen LogP) is 2.99. The molecule has 4 rings (SSSR count). The zero-order valence-electron chi connectivity index (χ0n) is 15.8. The minimum atomic E-state index is -3.95. The smallest absolute Gasteiger partial charge is 0.291 e. The normalized spacial score (nSPS) is 13.1. The summed E-state index contributed by atoms with van der Waals surface area (Å²) in [5, 5.41) is 5.19. The van der Waals surface area contributed by atoms with Crippen LogP contribution in [0.15, 0.2) is 64.1 Å². The minimum absolute atomic E-state index is 0.000248. The van der Waals surface area contributed by atoms with Crippen molar-refractivity contribution in [3.05, 3.63) is 71.1 Å². The standard InChI is InChI=1S/C20H16ClN3O6S/c21-14-8-15-17(30-11-19(25)24-15)9-18(14)31(27,28)22-10-12-3-5-13(6-4-12)23-20(26)16-2-1-7-29-16/h1-9,22H,10-11H2,(H,23,26)(H,24,25). The Morgan fingerprint density at radius 3 is 2.65 bits per heavy atom. The lowest BCUT2D eigenvalue weighted by Crippen LogP contribution is -2.27. The van der Waals surface area contributed by atoms with Crippen LogP contribution in [0.25, 0.3) is 0 Å². The molecule has 1 aromatic heterocycles. The Balaban J connectivity index is 1.43. The molecule has 2 heterocycles. The number of benzene rings is 2. The van der Waals surface area contributed by atoms with Gasteiger partial charge < -0.3 is 19.8 Å². The summed E-state index contributed by atoms with van der Waals surface area (Å²) in [5.74, 6) is -0.330. The molecule has 0 radical (unpaired) electrons. The van der Waals surface area contributed by atoms with Crippen molar-refractivity contribution in [3.63, 3.8) is 0 Å². The Morgan fingerprint density at radius 2 is 1.94 bits per heavy atom. The molecule has 3 N–H and O–H groups in total. The van der Waals surface area contributed by atoms with E-state index < -0.39 is 10.0 Å². The molecule has 9 nitrogen and oxygen atoms in total. The second-order valence-electron chi connectivity index (χ2n) is 6.57.